The third kappa shape index (κ3) is 1.41. The van der Waals surface area contributed by atoms with Gasteiger partial charge >= 0.3 is 0 Å². The summed E-state index contributed by atoms with van der Waals surface area (Å²) in [5, 5.41) is 3.75. The molecule has 3 fully saturated rings. The highest BCUT2D eigenvalue weighted by atomic mass is 16.6. The monoisotopic (exact) mass is 286 g/mol. The van der Waals surface area contributed by atoms with E-state index in [9.17, 15) is 0 Å². The molecule has 5 rings (SSSR count). The predicted octanol–water partition coefficient (Wildman–Crippen LogP) is 2.31. The van der Waals surface area contributed by atoms with E-state index in [1.54, 1.807) is 0 Å². The summed E-state index contributed by atoms with van der Waals surface area (Å²) in [4.78, 5) is 2.62. The number of anilines is 1. The molecule has 3 atom stereocenters. The van der Waals surface area contributed by atoms with Crippen LogP contribution in [0.25, 0.3) is 0 Å². The average Bonchev–Trinajstić information content (AvgIpc) is 2.86. The van der Waals surface area contributed by atoms with E-state index in [1.165, 1.54) is 37.1 Å². The Labute approximate surface area is 125 Å². The lowest BCUT2D eigenvalue weighted by molar-refractivity contribution is -0.293. The summed E-state index contributed by atoms with van der Waals surface area (Å²) < 4.78 is 12.9. The number of benzene rings is 1. The van der Waals surface area contributed by atoms with Gasteiger partial charge in [0, 0.05) is 17.8 Å². The number of fused-ring (bicyclic) bond motifs is 2. The predicted molar refractivity (Wildman–Crippen MR) is 80.2 cm³/mol. The molecule has 21 heavy (non-hydrogen) atoms. The summed E-state index contributed by atoms with van der Waals surface area (Å²) in [6.07, 6.45) is 4.83. The molecule has 4 heteroatoms. The van der Waals surface area contributed by atoms with Crippen molar-refractivity contribution in [3.63, 3.8) is 0 Å². The molecule has 4 aliphatic heterocycles. The van der Waals surface area contributed by atoms with Crippen molar-refractivity contribution in [2.24, 2.45) is 0 Å². The molecule has 0 aliphatic carbocycles. The highest BCUT2D eigenvalue weighted by Crippen LogP contribution is 2.58. The molecular formula is C17H22N2O2. The van der Waals surface area contributed by atoms with Gasteiger partial charge in [-0.15, -0.1) is 0 Å². The lowest BCUT2D eigenvalue weighted by Crippen LogP contribution is -2.74. The normalized spacial score (nSPS) is 41.4. The van der Waals surface area contributed by atoms with Crippen LogP contribution in [0.2, 0.25) is 0 Å². The Morgan fingerprint density at radius 1 is 1.10 bits per heavy atom. The second kappa shape index (κ2) is 4.22. The molecule has 1 aromatic rings. The van der Waals surface area contributed by atoms with Crippen molar-refractivity contribution in [1.29, 1.82) is 0 Å². The van der Waals surface area contributed by atoms with Gasteiger partial charge in [0.05, 0.1) is 19.3 Å². The minimum absolute atomic E-state index is 0.291. The van der Waals surface area contributed by atoms with Crippen LogP contribution in [0.5, 0.6) is 0 Å². The van der Waals surface area contributed by atoms with Crippen LogP contribution < -0.4 is 5.32 Å². The lowest BCUT2D eigenvalue weighted by atomic mass is 9.72. The molecular weight excluding hydrogens is 264 g/mol. The average molecular weight is 286 g/mol. The second-order valence-corrected chi connectivity index (χ2v) is 6.73. The SMILES string of the molecule is c1ccc2c(c1)N[C@]13OCCO[C@]21CCN1CCCC[C@H]13. The van der Waals surface area contributed by atoms with Gasteiger partial charge in [-0.25, -0.2) is 0 Å². The molecule has 0 amide bonds. The van der Waals surface area contributed by atoms with Crippen molar-refractivity contribution in [1.82, 2.24) is 4.90 Å². The maximum Gasteiger partial charge on any atom is 0.188 e. The van der Waals surface area contributed by atoms with Crippen LogP contribution in [0.1, 0.15) is 31.2 Å². The van der Waals surface area contributed by atoms with Gasteiger partial charge in [-0.2, -0.15) is 0 Å². The van der Waals surface area contributed by atoms with Crippen molar-refractivity contribution < 1.29 is 9.47 Å². The molecule has 0 unspecified atom stereocenters. The number of rotatable bonds is 0. The molecule has 3 saturated heterocycles. The first-order valence-corrected chi connectivity index (χ1v) is 8.25. The van der Waals surface area contributed by atoms with Crippen molar-refractivity contribution in [2.45, 2.75) is 43.1 Å². The first-order valence-electron chi connectivity index (χ1n) is 8.25. The first-order chi connectivity index (χ1) is 10.4. The molecule has 0 radical (unpaired) electrons. The van der Waals surface area contributed by atoms with Crippen LogP contribution in [-0.4, -0.2) is 43.0 Å². The zero-order chi connectivity index (χ0) is 13.9. The quantitative estimate of drug-likeness (QED) is 0.793. The Hall–Kier alpha value is -1.10. The van der Waals surface area contributed by atoms with E-state index < -0.39 is 0 Å². The van der Waals surface area contributed by atoms with Crippen molar-refractivity contribution >= 4 is 5.69 Å². The van der Waals surface area contributed by atoms with Crippen LogP contribution in [0, 0.1) is 0 Å². The second-order valence-electron chi connectivity index (χ2n) is 6.73. The molecule has 4 nitrogen and oxygen atoms in total. The summed E-state index contributed by atoms with van der Waals surface area (Å²) in [5.41, 5.74) is 1.83. The van der Waals surface area contributed by atoms with Gasteiger partial charge in [0.25, 0.3) is 0 Å². The fourth-order valence-corrected chi connectivity index (χ4v) is 5.06. The largest absolute Gasteiger partial charge is 0.363 e. The molecule has 112 valence electrons. The minimum atomic E-state index is -0.381. The van der Waals surface area contributed by atoms with Crippen LogP contribution in [0.3, 0.4) is 0 Å². The van der Waals surface area contributed by atoms with E-state index in [4.69, 9.17) is 9.47 Å². The molecule has 0 aromatic heterocycles. The zero-order valence-corrected chi connectivity index (χ0v) is 12.3. The van der Waals surface area contributed by atoms with Crippen molar-refractivity contribution in [2.75, 3.05) is 31.6 Å². The molecule has 1 N–H and O–H groups in total. The summed E-state index contributed by atoms with van der Waals surface area (Å²) in [5.74, 6) is 0. The summed E-state index contributed by atoms with van der Waals surface area (Å²) >= 11 is 0. The Bertz CT molecular complexity index is 578. The minimum Gasteiger partial charge on any atom is -0.363 e. The maximum absolute atomic E-state index is 6.46. The Kier molecular flexibility index (Phi) is 2.50. The van der Waals surface area contributed by atoms with Gasteiger partial charge in [0.2, 0.25) is 0 Å². The Morgan fingerprint density at radius 3 is 3.00 bits per heavy atom. The van der Waals surface area contributed by atoms with Crippen LogP contribution >= 0.6 is 0 Å². The number of ether oxygens (including phenoxy) is 2. The number of para-hydroxylation sites is 1. The van der Waals surface area contributed by atoms with Gasteiger partial charge in [0.1, 0.15) is 5.60 Å². The van der Waals surface area contributed by atoms with E-state index in [0.717, 1.165) is 13.0 Å². The third-order valence-corrected chi connectivity index (χ3v) is 5.88. The van der Waals surface area contributed by atoms with E-state index in [2.05, 4.69) is 34.5 Å². The fourth-order valence-electron chi connectivity index (χ4n) is 5.06. The highest BCUT2D eigenvalue weighted by molar-refractivity contribution is 5.64. The van der Waals surface area contributed by atoms with Gasteiger partial charge in [-0.3, -0.25) is 4.90 Å². The van der Waals surface area contributed by atoms with E-state index >= 15 is 0 Å². The zero-order valence-electron chi connectivity index (χ0n) is 12.3. The molecule has 0 saturated carbocycles. The standard InChI is InChI=1S/C17H22N2O2/c1-2-6-14-13(5-1)16-8-10-19-9-4-3-7-15(19)17(16,18-14)21-12-11-20-16/h1-2,5-6,15,18H,3-4,7-12H2/t15-,16+,17+/m0/s1. The smallest absolute Gasteiger partial charge is 0.188 e. The number of piperidine rings is 2. The van der Waals surface area contributed by atoms with E-state index in [-0.39, 0.29) is 11.3 Å². The van der Waals surface area contributed by atoms with Gasteiger partial charge < -0.3 is 14.8 Å². The maximum atomic E-state index is 6.46. The number of hydrogen-bond acceptors (Lipinski definition) is 4. The molecule has 1 aromatic carbocycles. The number of hydrogen-bond donors (Lipinski definition) is 1. The van der Waals surface area contributed by atoms with E-state index in [1.807, 2.05) is 0 Å². The van der Waals surface area contributed by atoms with Gasteiger partial charge in [0.15, 0.2) is 5.72 Å². The third-order valence-electron chi connectivity index (χ3n) is 5.88. The Morgan fingerprint density at radius 2 is 2.00 bits per heavy atom. The summed E-state index contributed by atoms with van der Waals surface area (Å²) in [7, 11) is 0. The number of nitrogens with one attached hydrogen (secondary N) is 1. The molecule has 4 heterocycles. The van der Waals surface area contributed by atoms with E-state index in [0.29, 0.717) is 19.3 Å². The molecule has 0 bridgehead atoms. The fraction of sp³-hybridized carbons (Fsp3) is 0.647. The highest BCUT2D eigenvalue weighted by Gasteiger charge is 2.68. The van der Waals surface area contributed by atoms with Crippen LogP contribution in [0.4, 0.5) is 5.69 Å². The van der Waals surface area contributed by atoms with Gasteiger partial charge in [-0.1, -0.05) is 24.6 Å². The lowest BCUT2D eigenvalue weighted by Gasteiger charge is -2.59. The summed E-state index contributed by atoms with van der Waals surface area (Å²) in [6, 6.07) is 9.03. The first kappa shape index (κ1) is 12.4. The topological polar surface area (TPSA) is 33.7 Å². The molecule has 0 spiro atoms. The van der Waals surface area contributed by atoms with Crippen LogP contribution in [0.15, 0.2) is 24.3 Å². The molecule has 4 aliphatic rings. The number of nitrogens with zero attached hydrogens (tertiary/aromatic N) is 1. The van der Waals surface area contributed by atoms with Crippen molar-refractivity contribution in [3.8, 4) is 0 Å². The van der Waals surface area contributed by atoms with Gasteiger partial charge in [-0.05, 0) is 31.9 Å². The Balaban J connectivity index is 1.69. The van der Waals surface area contributed by atoms with Crippen molar-refractivity contribution in [3.05, 3.63) is 29.8 Å². The summed E-state index contributed by atoms with van der Waals surface area (Å²) in [6.45, 7) is 3.70. The van der Waals surface area contributed by atoms with Crippen LogP contribution in [-0.2, 0) is 15.1 Å².